The van der Waals surface area contributed by atoms with E-state index < -0.39 is 0 Å². The minimum atomic E-state index is 0.613. The monoisotopic (exact) mass is 300 g/mol. The molecule has 1 fully saturated rings. The molecule has 1 saturated heterocycles. The molecule has 120 valence electrons. The maximum Gasteiger partial charge on any atom is 0.0900 e. The van der Waals surface area contributed by atoms with Crippen molar-refractivity contribution in [2.45, 2.75) is 96.5 Å². The number of unbranched alkanes of at least 4 members (excludes halogenated alkanes) is 12. The Bertz CT molecular complexity index is 192. The van der Waals surface area contributed by atoms with E-state index in [4.69, 9.17) is 4.74 Å². The first-order chi connectivity index (χ1) is 9.93. The highest BCUT2D eigenvalue weighted by Crippen LogP contribution is 2.18. The van der Waals surface area contributed by atoms with E-state index >= 15 is 0 Å². The lowest BCUT2D eigenvalue weighted by molar-refractivity contribution is 0.426. The number of ether oxygens (including phenoxy) is 1. The fourth-order valence-electron chi connectivity index (χ4n) is 2.60. The van der Waals surface area contributed by atoms with E-state index in [0.29, 0.717) is 6.10 Å². The third kappa shape index (κ3) is 13.3. The summed E-state index contributed by atoms with van der Waals surface area (Å²) in [5.41, 5.74) is 0. The molecule has 0 N–H and O–H groups in total. The van der Waals surface area contributed by atoms with Crippen LogP contribution in [-0.4, -0.2) is 24.2 Å². The van der Waals surface area contributed by atoms with Gasteiger partial charge in [0, 0.05) is 5.75 Å². The molecule has 2 heteroatoms. The van der Waals surface area contributed by atoms with Crippen LogP contribution in [0, 0.1) is 0 Å². The maximum absolute atomic E-state index is 5.21. The summed E-state index contributed by atoms with van der Waals surface area (Å²) in [5, 5.41) is 0. The van der Waals surface area contributed by atoms with Crippen LogP contribution in [0.15, 0.2) is 0 Å². The van der Waals surface area contributed by atoms with Gasteiger partial charge in [0.1, 0.15) is 0 Å². The fraction of sp³-hybridized carbons (Fsp3) is 1.00. The van der Waals surface area contributed by atoms with Crippen LogP contribution in [0.25, 0.3) is 0 Å². The minimum Gasteiger partial charge on any atom is -0.372 e. The Kier molecular flexibility index (Phi) is 13.1. The van der Waals surface area contributed by atoms with Gasteiger partial charge in [-0.15, -0.1) is 0 Å². The van der Waals surface area contributed by atoms with Crippen LogP contribution >= 0.6 is 11.8 Å². The third-order valence-corrected chi connectivity index (χ3v) is 5.28. The standard InChI is InChI=1S/C18H36OS/c1-2-3-4-5-6-7-8-9-10-11-12-13-14-15-20-17-18-16-19-18/h18H,2-17H2,1H3. The van der Waals surface area contributed by atoms with Crippen LogP contribution in [0.2, 0.25) is 0 Å². The van der Waals surface area contributed by atoms with Gasteiger partial charge < -0.3 is 4.74 Å². The molecule has 0 aromatic rings. The smallest absolute Gasteiger partial charge is 0.0900 e. The van der Waals surface area contributed by atoms with E-state index in [-0.39, 0.29) is 0 Å². The van der Waals surface area contributed by atoms with Crippen molar-refractivity contribution >= 4 is 11.8 Å². The number of epoxide rings is 1. The molecule has 0 aromatic heterocycles. The Morgan fingerprint density at radius 3 is 1.65 bits per heavy atom. The van der Waals surface area contributed by atoms with Crippen molar-refractivity contribution < 1.29 is 4.74 Å². The summed E-state index contributed by atoms with van der Waals surface area (Å²) in [7, 11) is 0. The molecule has 0 spiro atoms. The summed E-state index contributed by atoms with van der Waals surface area (Å²) < 4.78 is 5.21. The second-order valence-corrected chi connectivity index (χ2v) is 7.42. The van der Waals surface area contributed by atoms with Crippen LogP contribution in [0.5, 0.6) is 0 Å². The molecule has 20 heavy (non-hydrogen) atoms. The number of thioether (sulfide) groups is 1. The highest BCUT2D eigenvalue weighted by atomic mass is 32.2. The Morgan fingerprint density at radius 1 is 0.750 bits per heavy atom. The number of rotatable bonds is 16. The van der Waals surface area contributed by atoms with Crippen molar-refractivity contribution in [2.24, 2.45) is 0 Å². The molecule has 1 rings (SSSR count). The van der Waals surface area contributed by atoms with Gasteiger partial charge in [-0.05, 0) is 12.2 Å². The highest BCUT2D eigenvalue weighted by molar-refractivity contribution is 7.99. The molecule has 1 unspecified atom stereocenters. The molecule has 0 aromatic carbocycles. The van der Waals surface area contributed by atoms with Gasteiger partial charge in [-0.25, -0.2) is 0 Å². The number of hydrogen-bond donors (Lipinski definition) is 0. The molecule has 0 amide bonds. The molecule has 0 saturated carbocycles. The maximum atomic E-state index is 5.21. The third-order valence-electron chi connectivity index (χ3n) is 4.10. The van der Waals surface area contributed by atoms with E-state index in [0.717, 1.165) is 6.61 Å². The summed E-state index contributed by atoms with van der Waals surface area (Å²) >= 11 is 2.08. The SMILES string of the molecule is CCCCCCCCCCCCCCCSCC1CO1. The molecule has 1 heterocycles. The lowest BCUT2D eigenvalue weighted by Crippen LogP contribution is -1.91. The minimum absolute atomic E-state index is 0.613. The van der Waals surface area contributed by atoms with Crippen LogP contribution in [-0.2, 0) is 4.74 Å². The summed E-state index contributed by atoms with van der Waals surface area (Å²) in [6.07, 6.45) is 19.5. The van der Waals surface area contributed by atoms with Crippen LogP contribution in [0.3, 0.4) is 0 Å². The molecular formula is C18H36OS. The van der Waals surface area contributed by atoms with E-state index in [1.54, 1.807) is 0 Å². The second kappa shape index (κ2) is 14.3. The number of hydrogen-bond acceptors (Lipinski definition) is 2. The van der Waals surface area contributed by atoms with E-state index in [1.807, 2.05) is 0 Å². The summed E-state index contributed by atoms with van der Waals surface area (Å²) in [6.45, 7) is 3.31. The largest absolute Gasteiger partial charge is 0.372 e. The molecule has 1 aliphatic rings. The van der Waals surface area contributed by atoms with Gasteiger partial charge in [-0.1, -0.05) is 84.0 Å². The van der Waals surface area contributed by atoms with Gasteiger partial charge >= 0.3 is 0 Å². The van der Waals surface area contributed by atoms with Crippen molar-refractivity contribution in [3.8, 4) is 0 Å². The van der Waals surface area contributed by atoms with Gasteiger partial charge in [0.05, 0.1) is 12.7 Å². The van der Waals surface area contributed by atoms with Gasteiger partial charge in [0.2, 0.25) is 0 Å². The Morgan fingerprint density at radius 2 is 1.20 bits per heavy atom. The molecule has 0 bridgehead atoms. The summed E-state index contributed by atoms with van der Waals surface area (Å²) in [5.74, 6) is 2.58. The van der Waals surface area contributed by atoms with Crippen LogP contribution < -0.4 is 0 Å². The second-order valence-electron chi connectivity index (χ2n) is 6.27. The Balaban J connectivity index is 1.60. The Labute approximate surface area is 131 Å². The molecule has 0 radical (unpaired) electrons. The molecule has 1 aliphatic heterocycles. The zero-order chi connectivity index (χ0) is 14.3. The van der Waals surface area contributed by atoms with Gasteiger partial charge in [-0.3, -0.25) is 0 Å². The van der Waals surface area contributed by atoms with Crippen molar-refractivity contribution in [3.63, 3.8) is 0 Å². The average Bonchev–Trinajstić information content (AvgIpc) is 3.27. The van der Waals surface area contributed by atoms with Gasteiger partial charge in [-0.2, -0.15) is 11.8 Å². The zero-order valence-electron chi connectivity index (χ0n) is 13.7. The highest BCUT2D eigenvalue weighted by Gasteiger charge is 2.21. The quantitative estimate of drug-likeness (QED) is 0.248. The zero-order valence-corrected chi connectivity index (χ0v) is 14.5. The first-order valence-electron chi connectivity index (χ1n) is 9.13. The van der Waals surface area contributed by atoms with E-state index in [1.165, 1.54) is 95.0 Å². The predicted octanol–water partition coefficient (Wildman–Crippen LogP) is 6.21. The Hall–Kier alpha value is 0.310. The first kappa shape index (κ1) is 18.4. The first-order valence-corrected chi connectivity index (χ1v) is 10.3. The lowest BCUT2D eigenvalue weighted by Gasteiger charge is -2.03. The van der Waals surface area contributed by atoms with Crippen molar-refractivity contribution in [3.05, 3.63) is 0 Å². The molecule has 0 aliphatic carbocycles. The average molecular weight is 301 g/mol. The van der Waals surface area contributed by atoms with Crippen molar-refractivity contribution in [2.75, 3.05) is 18.1 Å². The molecule has 1 nitrogen and oxygen atoms in total. The van der Waals surface area contributed by atoms with E-state index in [9.17, 15) is 0 Å². The van der Waals surface area contributed by atoms with Crippen LogP contribution in [0.4, 0.5) is 0 Å². The van der Waals surface area contributed by atoms with Gasteiger partial charge in [0.15, 0.2) is 0 Å². The van der Waals surface area contributed by atoms with Gasteiger partial charge in [0.25, 0.3) is 0 Å². The van der Waals surface area contributed by atoms with Crippen molar-refractivity contribution in [1.82, 2.24) is 0 Å². The summed E-state index contributed by atoms with van der Waals surface area (Å²) in [6, 6.07) is 0. The van der Waals surface area contributed by atoms with Crippen LogP contribution in [0.1, 0.15) is 90.4 Å². The topological polar surface area (TPSA) is 12.5 Å². The lowest BCUT2D eigenvalue weighted by atomic mass is 10.1. The van der Waals surface area contributed by atoms with Crippen molar-refractivity contribution in [1.29, 1.82) is 0 Å². The predicted molar refractivity (Wildman–Crippen MR) is 92.8 cm³/mol. The normalized spacial score (nSPS) is 17.6. The molecule has 1 atom stereocenters. The molecular weight excluding hydrogens is 264 g/mol. The van der Waals surface area contributed by atoms with E-state index in [2.05, 4.69) is 18.7 Å². The fourth-order valence-corrected chi connectivity index (χ4v) is 3.63. The summed E-state index contributed by atoms with van der Waals surface area (Å²) in [4.78, 5) is 0.